The fourth-order valence-corrected chi connectivity index (χ4v) is 1.96. The van der Waals surface area contributed by atoms with E-state index in [0.29, 0.717) is 0 Å². The van der Waals surface area contributed by atoms with Gasteiger partial charge in [-0.3, -0.25) is 4.99 Å². The second kappa shape index (κ2) is 5.87. The predicted octanol–water partition coefficient (Wildman–Crippen LogP) is 4.71. The lowest BCUT2D eigenvalue weighted by Gasteiger charge is -2.11. The van der Waals surface area contributed by atoms with Crippen molar-refractivity contribution in [3.8, 4) is 5.75 Å². The Labute approximate surface area is 118 Å². The third kappa shape index (κ3) is 3.23. The van der Waals surface area contributed by atoms with Crippen molar-refractivity contribution in [3.63, 3.8) is 0 Å². The number of aliphatic imine (C=N–C) groups is 1. The normalized spacial score (nSPS) is 11.4. The van der Waals surface area contributed by atoms with Gasteiger partial charge in [-0.1, -0.05) is 26.0 Å². The van der Waals surface area contributed by atoms with Crippen molar-refractivity contribution in [2.75, 3.05) is 0 Å². The highest BCUT2D eigenvalue weighted by molar-refractivity contribution is 5.82. The van der Waals surface area contributed by atoms with E-state index in [1.54, 1.807) is 24.4 Å². The molecule has 104 valence electrons. The molecule has 0 amide bonds. The van der Waals surface area contributed by atoms with Crippen LogP contribution in [0.1, 0.15) is 36.5 Å². The number of rotatable bonds is 3. The first-order chi connectivity index (χ1) is 9.47. The second-order valence-electron chi connectivity index (χ2n) is 5.16. The Morgan fingerprint density at radius 1 is 1.15 bits per heavy atom. The molecule has 1 N–H and O–H groups in total. The van der Waals surface area contributed by atoms with Gasteiger partial charge in [-0.05, 0) is 53.8 Å². The van der Waals surface area contributed by atoms with Gasteiger partial charge in [0.1, 0.15) is 11.6 Å². The number of aromatic hydroxyl groups is 1. The molecule has 0 aliphatic rings. The van der Waals surface area contributed by atoms with Crippen LogP contribution in [0.5, 0.6) is 5.75 Å². The predicted molar refractivity (Wildman–Crippen MR) is 80.6 cm³/mol. The lowest BCUT2D eigenvalue weighted by atomic mass is 9.99. The molecule has 2 aromatic carbocycles. The van der Waals surface area contributed by atoms with Crippen molar-refractivity contribution in [1.82, 2.24) is 0 Å². The Morgan fingerprint density at radius 2 is 1.80 bits per heavy atom. The summed E-state index contributed by atoms with van der Waals surface area (Å²) in [6.07, 6.45) is 1.71. The van der Waals surface area contributed by atoms with Crippen molar-refractivity contribution < 1.29 is 9.50 Å². The number of benzene rings is 2. The van der Waals surface area contributed by atoms with Crippen LogP contribution in [-0.4, -0.2) is 11.3 Å². The van der Waals surface area contributed by atoms with Gasteiger partial charge in [0, 0.05) is 6.21 Å². The largest absolute Gasteiger partial charge is 0.508 e. The molecule has 0 fully saturated rings. The molecule has 0 aromatic heterocycles. The molecular weight excluding hydrogens is 253 g/mol. The number of hydrogen-bond donors (Lipinski definition) is 1. The standard InChI is InChI=1S/C17H18FNO/c1-11(2)15-9-17(20)12(3)8-16(15)19-10-13-4-6-14(18)7-5-13/h4-11,20H,1-3H3. The molecule has 0 unspecified atom stereocenters. The van der Waals surface area contributed by atoms with Gasteiger partial charge in [-0.2, -0.15) is 0 Å². The fourth-order valence-electron chi connectivity index (χ4n) is 1.96. The zero-order chi connectivity index (χ0) is 14.7. The summed E-state index contributed by atoms with van der Waals surface area (Å²) < 4.78 is 12.8. The molecule has 2 rings (SSSR count). The first kappa shape index (κ1) is 14.3. The summed E-state index contributed by atoms with van der Waals surface area (Å²) in [5, 5.41) is 9.80. The molecule has 0 spiro atoms. The topological polar surface area (TPSA) is 32.6 Å². The second-order valence-corrected chi connectivity index (χ2v) is 5.16. The average molecular weight is 271 g/mol. The minimum Gasteiger partial charge on any atom is -0.508 e. The van der Waals surface area contributed by atoms with E-state index in [2.05, 4.69) is 18.8 Å². The molecule has 2 aromatic rings. The van der Waals surface area contributed by atoms with Crippen LogP contribution in [0.25, 0.3) is 0 Å². The Bertz CT molecular complexity index is 630. The SMILES string of the molecule is Cc1cc(N=Cc2ccc(F)cc2)c(C(C)C)cc1O. The van der Waals surface area contributed by atoms with Gasteiger partial charge in [0.25, 0.3) is 0 Å². The highest BCUT2D eigenvalue weighted by atomic mass is 19.1. The number of phenols is 1. The quantitative estimate of drug-likeness (QED) is 0.805. The summed E-state index contributed by atoms with van der Waals surface area (Å²) in [5.74, 6) is 0.293. The molecule has 3 heteroatoms. The maximum Gasteiger partial charge on any atom is 0.123 e. The van der Waals surface area contributed by atoms with E-state index in [1.807, 2.05) is 13.0 Å². The van der Waals surface area contributed by atoms with E-state index in [9.17, 15) is 9.50 Å². The molecule has 0 aliphatic carbocycles. The monoisotopic (exact) mass is 271 g/mol. The molecule has 0 saturated carbocycles. The number of hydrogen-bond acceptors (Lipinski definition) is 2. The van der Waals surface area contributed by atoms with E-state index in [0.717, 1.165) is 22.4 Å². The van der Waals surface area contributed by atoms with Gasteiger partial charge in [-0.25, -0.2) is 4.39 Å². The molecule has 0 aliphatic heterocycles. The highest BCUT2D eigenvalue weighted by Gasteiger charge is 2.09. The third-order valence-electron chi connectivity index (χ3n) is 3.19. The Balaban J connectivity index is 2.37. The molecule has 0 heterocycles. The van der Waals surface area contributed by atoms with Gasteiger partial charge in [-0.15, -0.1) is 0 Å². The van der Waals surface area contributed by atoms with Crippen LogP contribution in [0.3, 0.4) is 0 Å². The third-order valence-corrected chi connectivity index (χ3v) is 3.19. The Kier molecular flexibility index (Phi) is 4.18. The minimum absolute atomic E-state index is 0.259. The van der Waals surface area contributed by atoms with Crippen molar-refractivity contribution in [1.29, 1.82) is 0 Å². The van der Waals surface area contributed by atoms with Crippen LogP contribution in [0.15, 0.2) is 41.4 Å². The molecule has 20 heavy (non-hydrogen) atoms. The zero-order valence-corrected chi connectivity index (χ0v) is 11.9. The zero-order valence-electron chi connectivity index (χ0n) is 11.9. The van der Waals surface area contributed by atoms with Crippen LogP contribution in [0.2, 0.25) is 0 Å². The number of aryl methyl sites for hydroxylation is 1. The maximum absolute atomic E-state index is 12.8. The Morgan fingerprint density at radius 3 is 2.40 bits per heavy atom. The lowest BCUT2D eigenvalue weighted by Crippen LogP contribution is -1.90. The first-order valence-corrected chi connectivity index (χ1v) is 6.60. The van der Waals surface area contributed by atoms with Crippen molar-refractivity contribution in [3.05, 3.63) is 58.9 Å². The summed E-state index contributed by atoms with van der Waals surface area (Å²) in [5.41, 5.74) is 3.46. The maximum atomic E-state index is 12.8. The van der Waals surface area contributed by atoms with Crippen LogP contribution in [0, 0.1) is 12.7 Å². The molecule has 0 radical (unpaired) electrons. The van der Waals surface area contributed by atoms with Gasteiger partial charge >= 0.3 is 0 Å². The number of nitrogens with zero attached hydrogens (tertiary/aromatic N) is 1. The van der Waals surface area contributed by atoms with Crippen LogP contribution < -0.4 is 0 Å². The summed E-state index contributed by atoms with van der Waals surface area (Å²) >= 11 is 0. The minimum atomic E-state index is -0.259. The lowest BCUT2D eigenvalue weighted by molar-refractivity contribution is 0.470. The summed E-state index contributed by atoms with van der Waals surface area (Å²) in [4.78, 5) is 4.47. The van der Waals surface area contributed by atoms with Gasteiger partial charge in [0.05, 0.1) is 5.69 Å². The van der Waals surface area contributed by atoms with Gasteiger partial charge < -0.3 is 5.11 Å². The summed E-state index contributed by atoms with van der Waals surface area (Å²) in [6.45, 7) is 5.96. The van der Waals surface area contributed by atoms with Crippen molar-refractivity contribution in [2.24, 2.45) is 4.99 Å². The highest BCUT2D eigenvalue weighted by Crippen LogP contribution is 2.32. The number of halogens is 1. The average Bonchev–Trinajstić information content (AvgIpc) is 2.41. The molecular formula is C17H18FNO. The fraction of sp³-hybridized carbons (Fsp3) is 0.235. The molecule has 2 nitrogen and oxygen atoms in total. The van der Waals surface area contributed by atoms with Crippen LogP contribution >= 0.6 is 0 Å². The molecule has 0 saturated heterocycles. The molecule has 0 bridgehead atoms. The van der Waals surface area contributed by atoms with E-state index < -0.39 is 0 Å². The van der Waals surface area contributed by atoms with Gasteiger partial charge in [0.2, 0.25) is 0 Å². The summed E-state index contributed by atoms with van der Waals surface area (Å²) in [7, 11) is 0. The van der Waals surface area contributed by atoms with Crippen LogP contribution in [0.4, 0.5) is 10.1 Å². The van der Waals surface area contributed by atoms with Crippen LogP contribution in [-0.2, 0) is 0 Å². The molecule has 0 atom stereocenters. The number of phenolic OH excluding ortho intramolecular Hbond substituents is 1. The van der Waals surface area contributed by atoms with E-state index >= 15 is 0 Å². The first-order valence-electron chi connectivity index (χ1n) is 6.60. The van der Waals surface area contributed by atoms with Gasteiger partial charge in [0.15, 0.2) is 0 Å². The summed E-state index contributed by atoms with van der Waals surface area (Å²) in [6, 6.07) is 9.81. The van der Waals surface area contributed by atoms with E-state index in [1.165, 1.54) is 12.1 Å². The van der Waals surface area contributed by atoms with E-state index in [-0.39, 0.29) is 17.5 Å². The smallest absolute Gasteiger partial charge is 0.123 e. The Hall–Kier alpha value is -2.16. The van der Waals surface area contributed by atoms with Crippen molar-refractivity contribution >= 4 is 11.9 Å². The van der Waals surface area contributed by atoms with E-state index in [4.69, 9.17) is 0 Å². The van der Waals surface area contributed by atoms with Crippen molar-refractivity contribution in [2.45, 2.75) is 26.7 Å².